The number of rotatable bonds is 1. The lowest BCUT2D eigenvalue weighted by Crippen LogP contribution is -2.53. The van der Waals surface area contributed by atoms with Crippen molar-refractivity contribution in [3.05, 3.63) is 11.6 Å². The molecule has 0 aliphatic carbocycles. The van der Waals surface area contributed by atoms with E-state index in [4.69, 9.17) is 5.14 Å². The highest BCUT2D eigenvalue weighted by molar-refractivity contribution is 7.89. The summed E-state index contributed by atoms with van der Waals surface area (Å²) in [5.41, 5.74) is 0.954. The van der Waals surface area contributed by atoms with Gasteiger partial charge in [0.25, 0.3) is 10.0 Å². The Hall–Kier alpha value is -1.54. The van der Waals surface area contributed by atoms with E-state index in [-0.39, 0.29) is 10.9 Å². The summed E-state index contributed by atoms with van der Waals surface area (Å²) in [5, 5.41) is 5.21. The molecule has 2 aliphatic rings. The molecule has 0 aromatic carbocycles. The van der Waals surface area contributed by atoms with E-state index in [1.807, 2.05) is 0 Å². The van der Waals surface area contributed by atoms with Crippen molar-refractivity contribution in [1.82, 2.24) is 9.88 Å². The zero-order valence-corrected chi connectivity index (χ0v) is 12.1. The second-order valence-corrected chi connectivity index (χ2v) is 6.96. The Morgan fingerprint density at radius 1 is 1.45 bits per heavy atom. The summed E-state index contributed by atoms with van der Waals surface area (Å²) in [5.74, 6) is 0.824. The van der Waals surface area contributed by atoms with Crippen LogP contribution in [0.1, 0.15) is 25.3 Å². The van der Waals surface area contributed by atoms with Gasteiger partial charge in [-0.2, -0.15) is 0 Å². The normalized spacial score (nSPS) is 22.4. The number of anilines is 1. The van der Waals surface area contributed by atoms with Gasteiger partial charge < -0.3 is 14.8 Å². The quantitative estimate of drug-likeness (QED) is 0.762. The molecule has 1 aromatic rings. The molecule has 3 rings (SSSR count). The number of primary sulfonamides is 1. The molecule has 110 valence electrons. The van der Waals surface area contributed by atoms with Crippen LogP contribution in [0.25, 0.3) is 0 Å². The van der Waals surface area contributed by atoms with E-state index < -0.39 is 10.0 Å². The van der Waals surface area contributed by atoms with Gasteiger partial charge in [0.15, 0.2) is 0 Å². The molecule has 0 bridgehead atoms. The molecule has 0 saturated carbocycles. The number of sulfonamides is 1. The number of nitrogens with two attached hydrogens (primary N) is 1. The van der Waals surface area contributed by atoms with Gasteiger partial charge in [-0.3, -0.25) is 4.79 Å². The van der Waals surface area contributed by atoms with E-state index in [0.717, 1.165) is 37.2 Å². The second kappa shape index (κ2) is 4.49. The van der Waals surface area contributed by atoms with Gasteiger partial charge in [0, 0.05) is 19.5 Å². The van der Waals surface area contributed by atoms with Crippen LogP contribution in [0.3, 0.4) is 0 Å². The molecule has 2 aliphatic heterocycles. The van der Waals surface area contributed by atoms with Crippen LogP contribution in [0.2, 0.25) is 0 Å². The number of aromatic nitrogens is 1. The van der Waals surface area contributed by atoms with Crippen molar-refractivity contribution in [2.24, 2.45) is 5.14 Å². The Morgan fingerprint density at radius 2 is 2.20 bits per heavy atom. The first-order chi connectivity index (χ1) is 9.36. The Bertz CT molecular complexity index is 652. The highest BCUT2D eigenvalue weighted by Crippen LogP contribution is 2.34. The van der Waals surface area contributed by atoms with E-state index >= 15 is 0 Å². The van der Waals surface area contributed by atoms with Gasteiger partial charge in [0.1, 0.15) is 10.8 Å². The minimum absolute atomic E-state index is 0.0359. The maximum Gasteiger partial charge on any atom is 0.253 e. The maximum absolute atomic E-state index is 11.5. The highest BCUT2D eigenvalue weighted by Gasteiger charge is 2.34. The molecule has 0 spiro atoms. The molecule has 0 radical (unpaired) electrons. The Balaban J connectivity index is 1.96. The molecular formula is C12H18N4O3S. The fraction of sp³-hybridized carbons (Fsp3) is 0.583. The fourth-order valence-corrected chi connectivity index (χ4v) is 3.57. The number of aryl methyl sites for hydroxylation is 1. The van der Waals surface area contributed by atoms with Crippen LogP contribution < -0.4 is 10.0 Å². The average Bonchev–Trinajstić information content (AvgIpc) is 2.82. The lowest BCUT2D eigenvalue weighted by atomic mass is 9.96. The van der Waals surface area contributed by atoms with E-state index in [1.165, 1.54) is 0 Å². The SMILES string of the molecule is CC(=O)N1CCC2CCc3cc(S(N)(=O)=O)[nH]c3N2C1. The summed E-state index contributed by atoms with van der Waals surface area (Å²) in [4.78, 5) is 18.3. The van der Waals surface area contributed by atoms with Crippen molar-refractivity contribution >= 4 is 21.7 Å². The monoisotopic (exact) mass is 298 g/mol. The van der Waals surface area contributed by atoms with Crippen molar-refractivity contribution in [3.63, 3.8) is 0 Å². The predicted molar refractivity (Wildman–Crippen MR) is 73.6 cm³/mol. The minimum atomic E-state index is -3.73. The third-order valence-electron chi connectivity index (χ3n) is 4.13. The van der Waals surface area contributed by atoms with Crippen molar-refractivity contribution in [1.29, 1.82) is 0 Å². The molecule has 1 aromatic heterocycles. The van der Waals surface area contributed by atoms with Crippen LogP contribution >= 0.6 is 0 Å². The zero-order chi connectivity index (χ0) is 14.5. The summed E-state index contributed by atoms with van der Waals surface area (Å²) in [6.07, 6.45) is 2.71. The molecule has 1 atom stereocenters. The molecule has 1 fully saturated rings. The average molecular weight is 298 g/mol. The summed E-state index contributed by atoms with van der Waals surface area (Å²) in [6, 6.07) is 1.96. The van der Waals surface area contributed by atoms with Gasteiger partial charge in [0.05, 0.1) is 6.67 Å². The molecular weight excluding hydrogens is 280 g/mol. The van der Waals surface area contributed by atoms with Crippen molar-refractivity contribution in [3.8, 4) is 0 Å². The number of fused-ring (bicyclic) bond motifs is 3. The topological polar surface area (TPSA) is 99.5 Å². The van der Waals surface area contributed by atoms with E-state index in [1.54, 1.807) is 17.9 Å². The third-order valence-corrected chi connectivity index (χ3v) is 4.97. The Kier molecular flexibility index (Phi) is 3.02. The first kappa shape index (κ1) is 13.4. The van der Waals surface area contributed by atoms with Crippen LogP contribution in [0.15, 0.2) is 11.1 Å². The first-order valence-corrected chi connectivity index (χ1v) is 8.18. The van der Waals surface area contributed by atoms with Crippen LogP contribution in [-0.2, 0) is 21.2 Å². The maximum atomic E-state index is 11.5. The molecule has 20 heavy (non-hydrogen) atoms. The number of hydrogen-bond donors (Lipinski definition) is 2. The van der Waals surface area contributed by atoms with Crippen LogP contribution in [0.5, 0.6) is 0 Å². The standard InChI is InChI=1S/C12H18N4O3S/c1-8(17)15-5-4-10-3-2-9-6-11(20(13,18)19)14-12(9)16(10)7-15/h6,10,14H,2-5,7H2,1H3,(H2,13,18,19). The number of carbonyl (C=O) groups is 1. The number of amides is 1. The third kappa shape index (κ3) is 2.18. The van der Waals surface area contributed by atoms with Gasteiger partial charge in [-0.05, 0) is 30.9 Å². The molecule has 1 saturated heterocycles. The van der Waals surface area contributed by atoms with Gasteiger partial charge in [-0.25, -0.2) is 13.6 Å². The second-order valence-electron chi connectivity index (χ2n) is 5.43. The van der Waals surface area contributed by atoms with E-state index in [2.05, 4.69) is 9.88 Å². The molecule has 8 heteroatoms. The molecule has 3 N–H and O–H groups in total. The number of H-pyrrole nitrogens is 1. The van der Waals surface area contributed by atoms with Crippen LogP contribution in [0, 0.1) is 0 Å². The smallest absolute Gasteiger partial charge is 0.253 e. The molecule has 7 nitrogen and oxygen atoms in total. The van der Waals surface area contributed by atoms with Crippen molar-refractivity contribution in [2.45, 2.75) is 37.3 Å². The van der Waals surface area contributed by atoms with E-state index in [0.29, 0.717) is 12.7 Å². The predicted octanol–water partition coefficient (Wildman–Crippen LogP) is -0.00700. The van der Waals surface area contributed by atoms with Crippen molar-refractivity contribution in [2.75, 3.05) is 18.1 Å². The largest absolute Gasteiger partial charge is 0.337 e. The van der Waals surface area contributed by atoms with Gasteiger partial charge in [-0.1, -0.05) is 0 Å². The lowest BCUT2D eigenvalue weighted by Gasteiger charge is -2.44. The number of hydrogen-bond acceptors (Lipinski definition) is 4. The highest BCUT2D eigenvalue weighted by atomic mass is 32.2. The zero-order valence-electron chi connectivity index (χ0n) is 11.3. The summed E-state index contributed by atoms with van der Waals surface area (Å²) >= 11 is 0. The molecule has 1 unspecified atom stereocenters. The van der Waals surface area contributed by atoms with Crippen LogP contribution in [0.4, 0.5) is 5.82 Å². The Labute approximate surface area is 117 Å². The first-order valence-electron chi connectivity index (χ1n) is 6.63. The number of nitrogens with one attached hydrogen (secondary N) is 1. The molecule has 3 heterocycles. The summed E-state index contributed by atoms with van der Waals surface area (Å²) in [7, 11) is -3.73. The lowest BCUT2D eigenvalue weighted by molar-refractivity contribution is -0.129. The summed E-state index contributed by atoms with van der Waals surface area (Å²) in [6.45, 7) is 2.81. The number of aromatic amines is 1. The van der Waals surface area contributed by atoms with Crippen molar-refractivity contribution < 1.29 is 13.2 Å². The van der Waals surface area contributed by atoms with Gasteiger partial charge in [0.2, 0.25) is 5.91 Å². The minimum Gasteiger partial charge on any atom is -0.337 e. The van der Waals surface area contributed by atoms with Gasteiger partial charge >= 0.3 is 0 Å². The molecule has 1 amide bonds. The fourth-order valence-electron chi connectivity index (χ4n) is 3.02. The number of nitrogens with zero attached hydrogens (tertiary/aromatic N) is 2. The number of carbonyl (C=O) groups excluding carboxylic acids is 1. The Morgan fingerprint density at radius 3 is 2.85 bits per heavy atom. The van der Waals surface area contributed by atoms with Crippen LogP contribution in [-0.4, -0.2) is 43.5 Å². The van der Waals surface area contributed by atoms with E-state index in [9.17, 15) is 13.2 Å². The summed E-state index contributed by atoms with van der Waals surface area (Å²) < 4.78 is 22.9. The van der Waals surface area contributed by atoms with Gasteiger partial charge in [-0.15, -0.1) is 0 Å².